The van der Waals surface area contributed by atoms with Crippen LogP contribution in [0.1, 0.15) is 19.3 Å². The Morgan fingerprint density at radius 1 is 1.44 bits per heavy atom. The van der Waals surface area contributed by atoms with Crippen LogP contribution in [0.15, 0.2) is 0 Å². The summed E-state index contributed by atoms with van der Waals surface area (Å²) < 4.78 is 0. The number of carboxylic acids is 1. The molecule has 2 atom stereocenters. The first-order valence-electron chi connectivity index (χ1n) is 5.72. The second-order valence-corrected chi connectivity index (χ2v) is 4.34. The fourth-order valence-electron chi connectivity index (χ4n) is 1.76. The van der Waals surface area contributed by atoms with Crippen molar-refractivity contribution >= 4 is 17.9 Å². The van der Waals surface area contributed by atoms with Gasteiger partial charge in [-0.3, -0.25) is 4.79 Å². The molecule has 1 aliphatic heterocycles. The first-order valence-corrected chi connectivity index (χ1v) is 5.72. The molecule has 6 N–H and O–H groups in total. The van der Waals surface area contributed by atoms with Gasteiger partial charge in [0.15, 0.2) is 0 Å². The quantitative estimate of drug-likeness (QED) is 0.472. The minimum Gasteiger partial charge on any atom is -0.480 e. The number of carbonyl (C=O) groups is 3. The highest BCUT2D eigenvalue weighted by Gasteiger charge is 2.27. The summed E-state index contributed by atoms with van der Waals surface area (Å²) in [5.41, 5.74) is 10.6. The van der Waals surface area contributed by atoms with E-state index in [0.29, 0.717) is 19.5 Å². The van der Waals surface area contributed by atoms with Crippen molar-refractivity contribution < 1.29 is 19.5 Å². The zero-order chi connectivity index (χ0) is 13.7. The van der Waals surface area contributed by atoms with Crippen molar-refractivity contribution in [3.63, 3.8) is 0 Å². The number of nitrogens with one attached hydrogen (secondary N) is 1. The predicted octanol–water partition coefficient (Wildman–Crippen LogP) is -1.55. The standard InChI is InChI=1S/C10H18N4O4/c11-6-3-4-14(5-6)10(18)13-7(9(16)17)1-2-8(12)15/h6-7H,1-5,11H2,(H2,12,15)(H,13,18)(H,16,17)/t6?,7-/m1/s1. The molecule has 0 aromatic rings. The third-order valence-electron chi connectivity index (χ3n) is 2.79. The fraction of sp³-hybridized carbons (Fsp3) is 0.700. The van der Waals surface area contributed by atoms with Crippen molar-refractivity contribution in [1.82, 2.24) is 10.2 Å². The average molecular weight is 258 g/mol. The SMILES string of the molecule is NC(=O)CC[C@@H](NC(=O)N1CCC(N)C1)C(=O)O. The van der Waals surface area contributed by atoms with Crippen LogP contribution < -0.4 is 16.8 Å². The average Bonchev–Trinajstić information content (AvgIpc) is 2.70. The van der Waals surface area contributed by atoms with Crippen LogP contribution in [0, 0.1) is 0 Å². The van der Waals surface area contributed by atoms with Gasteiger partial charge in [-0.25, -0.2) is 9.59 Å². The molecule has 18 heavy (non-hydrogen) atoms. The van der Waals surface area contributed by atoms with Gasteiger partial charge in [0.25, 0.3) is 0 Å². The van der Waals surface area contributed by atoms with E-state index < -0.39 is 23.9 Å². The number of hydrogen-bond acceptors (Lipinski definition) is 4. The zero-order valence-corrected chi connectivity index (χ0v) is 9.96. The number of aliphatic carboxylic acids is 1. The van der Waals surface area contributed by atoms with E-state index in [4.69, 9.17) is 16.6 Å². The molecule has 0 radical (unpaired) electrons. The van der Waals surface area contributed by atoms with E-state index in [9.17, 15) is 14.4 Å². The summed E-state index contributed by atoms with van der Waals surface area (Å²) in [4.78, 5) is 34.7. The number of carboxylic acid groups (broad SMARTS) is 1. The molecule has 0 aromatic carbocycles. The maximum Gasteiger partial charge on any atom is 0.326 e. The third-order valence-corrected chi connectivity index (χ3v) is 2.79. The highest BCUT2D eigenvalue weighted by molar-refractivity contribution is 5.83. The van der Waals surface area contributed by atoms with Crippen LogP contribution in [0.4, 0.5) is 4.79 Å². The highest BCUT2D eigenvalue weighted by atomic mass is 16.4. The first kappa shape index (κ1) is 14.2. The molecule has 1 aliphatic rings. The molecule has 8 nitrogen and oxygen atoms in total. The molecular weight excluding hydrogens is 240 g/mol. The van der Waals surface area contributed by atoms with E-state index >= 15 is 0 Å². The summed E-state index contributed by atoms with van der Waals surface area (Å²) in [6.07, 6.45) is 0.597. The Bertz CT molecular complexity index is 347. The Hall–Kier alpha value is -1.83. The van der Waals surface area contributed by atoms with Gasteiger partial charge in [-0.1, -0.05) is 0 Å². The van der Waals surface area contributed by atoms with Crippen molar-refractivity contribution in [2.45, 2.75) is 31.3 Å². The van der Waals surface area contributed by atoms with Crippen LogP contribution >= 0.6 is 0 Å². The monoisotopic (exact) mass is 258 g/mol. The Labute approximate surface area is 104 Å². The lowest BCUT2D eigenvalue weighted by Crippen LogP contribution is -2.48. The van der Waals surface area contributed by atoms with E-state index in [0.717, 1.165) is 0 Å². The molecule has 0 saturated carbocycles. The van der Waals surface area contributed by atoms with E-state index in [1.165, 1.54) is 4.90 Å². The normalized spacial score (nSPS) is 20.5. The van der Waals surface area contributed by atoms with Crippen LogP contribution in [-0.2, 0) is 9.59 Å². The zero-order valence-electron chi connectivity index (χ0n) is 9.96. The maximum atomic E-state index is 11.7. The van der Waals surface area contributed by atoms with Crippen LogP contribution in [0.2, 0.25) is 0 Å². The summed E-state index contributed by atoms with van der Waals surface area (Å²) >= 11 is 0. The number of urea groups is 1. The minimum atomic E-state index is -1.19. The molecule has 0 aliphatic carbocycles. The Kier molecular flexibility index (Phi) is 4.90. The lowest BCUT2D eigenvalue weighted by molar-refractivity contribution is -0.139. The lowest BCUT2D eigenvalue weighted by atomic mass is 10.1. The van der Waals surface area contributed by atoms with Gasteiger partial charge >= 0.3 is 12.0 Å². The van der Waals surface area contributed by atoms with Crippen molar-refractivity contribution in [3.05, 3.63) is 0 Å². The smallest absolute Gasteiger partial charge is 0.326 e. The minimum absolute atomic E-state index is 0.0176. The number of nitrogens with zero attached hydrogens (tertiary/aromatic N) is 1. The van der Waals surface area contributed by atoms with E-state index in [1.807, 2.05) is 0 Å². The summed E-state index contributed by atoms with van der Waals surface area (Å²) in [5.74, 6) is -1.79. The van der Waals surface area contributed by atoms with Gasteiger partial charge in [-0.15, -0.1) is 0 Å². The number of hydrogen-bond donors (Lipinski definition) is 4. The van der Waals surface area contributed by atoms with Crippen molar-refractivity contribution in [3.8, 4) is 0 Å². The third kappa shape index (κ3) is 4.21. The molecule has 0 aromatic heterocycles. The Balaban J connectivity index is 2.47. The van der Waals surface area contributed by atoms with Gasteiger partial charge in [-0.05, 0) is 12.8 Å². The lowest BCUT2D eigenvalue weighted by Gasteiger charge is -2.20. The second kappa shape index (κ2) is 6.20. The van der Waals surface area contributed by atoms with E-state index in [1.54, 1.807) is 0 Å². The van der Waals surface area contributed by atoms with E-state index in [2.05, 4.69) is 5.32 Å². The molecule has 0 bridgehead atoms. The first-order chi connectivity index (χ1) is 8.40. The summed E-state index contributed by atoms with van der Waals surface area (Å²) in [5, 5.41) is 11.3. The molecular formula is C10H18N4O4. The molecule has 102 valence electrons. The second-order valence-electron chi connectivity index (χ2n) is 4.34. The van der Waals surface area contributed by atoms with Crippen LogP contribution in [-0.4, -0.2) is 53.1 Å². The Morgan fingerprint density at radius 2 is 2.11 bits per heavy atom. The van der Waals surface area contributed by atoms with E-state index in [-0.39, 0.29) is 18.9 Å². The number of likely N-dealkylation sites (tertiary alicyclic amines) is 1. The molecule has 1 rings (SSSR count). The molecule has 0 spiro atoms. The predicted molar refractivity (Wildman–Crippen MR) is 62.5 cm³/mol. The van der Waals surface area contributed by atoms with Crippen molar-refractivity contribution in [1.29, 1.82) is 0 Å². The van der Waals surface area contributed by atoms with Gasteiger partial charge in [0.05, 0.1) is 0 Å². The van der Waals surface area contributed by atoms with Crippen LogP contribution in [0.25, 0.3) is 0 Å². The van der Waals surface area contributed by atoms with Gasteiger partial charge in [0.2, 0.25) is 5.91 Å². The van der Waals surface area contributed by atoms with Gasteiger partial charge in [0.1, 0.15) is 6.04 Å². The van der Waals surface area contributed by atoms with Gasteiger partial charge in [0, 0.05) is 25.6 Å². The number of rotatable bonds is 5. The van der Waals surface area contributed by atoms with Crippen LogP contribution in [0.3, 0.4) is 0 Å². The molecule has 1 heterocycles. The van der Waals surface area contributed by atoms with Crippen molar-refractivity contribution in [2.75, 3.05) is 13.1 Å². The van der Waals surface area contributed by atoms with Crippen LogP contribution in [0.5, 0.6) is 0 Å². The number of carbonyl (C=O) groups excluding carboxylic acids is 2. The number of primary amides is 1. The number of nitrogens with two attached hydrogens (primary N) is 2. The van der Waals surface area contributed by atoms with Gasteiger partial charge < -0.3 is 26.8 Å². The highest BCUT2D eigenvalue weighted by Crippen LogP contribution is 2.08. The van der Waals surface area contributed by atoms with Gasteiger partial charge in [-0.2, -0.15) is 0 Å². The molecule has 3 amide bonds. The maximum absolute atomic E-state index is 11.7. The topological polar surface area (TPSA) is 139 Å². The summed E-state index contributed by atoms with van der Waals surface area (Å²) in [6, 6.07) is -1.65. The molecule has 1 saturated heterocycles. The Morgan fingerprint density at radius 3 is 2.56 bits per heavy atom. The number of amides is 3. The van der Waals surface area contributed by atoms with Crippen molar-refractivity contribution in [2.24, 2.45) is 11.5 Å². The summed E-state index contributed by atoms with van der Waals surface area (Å²) in [7, 11) is 0. The largest absolute Gasteiger partial charge is 0.480 e. The summed E-state index contributed by atoms with van der Waals surface area (Å²) in [6.45, 7) is 0.920. The molecule has 1 fully saturated rings. The fourth-order valence-corrected chi connectivity index (χ4v) is 1.76. The molecule has 1 unspecified atom stereocenters. The molecule has 8 heteroatoms.